The van der Waals surface area contributed by atoms with Gasteiger partial charge in [0.05, 0.1) is 17.5 Å². The molecule has 0 aliphatic carbocycles. The van der Waals surface area contributed by atoms with Crippen LogP contribution in [0.25, 0.3) is 0 Å². The Hall–Kier alpha value is -2.69. The van der Waals surface area contributed by atoms with Crippen LogP contribution in [0.3, 0.4) is 0 Å². The molecule has 0 unspecified atom stereocenters. The second-order valence-corrected chi connectivity index (χ2v) is 10.7. The second-order valence-electron chi connectivity index (χ2n) is 8.69. The highest BCUT2D eigenvalue weighted by molar-refractivity contribution is 7.88. The van der Waals surface area contributed by atoms with E-state index in [0.29, 0.717) is 48.9 Å². The van der Waals surface area contributed by atoms with Crippen molar-refractivity contribution in [2.75, 3.05) is 43.2 Å². The molecule has 1 aromatic heterocycles. The summed E-state index contributed by atoms with van der Waals surface area (Å²) < 4.78 is 30.4. The lowest BCUT2D eigenvalue weighted by Gasteiger charge is -2.31. The molecule has 9 nitrogen and oxygen atoms in total. The summed E-state index contributed by atoms with van der Waals surface area (Å²) in [6, 6.07) is 10.1. The molecule has 2 aliphatic heterocycles. The summed E-state index contributed by atoms with van der Waals surface area (Å²) in [4.78, 5) is 16.3. The van der Waals surface area contributed by atoms with Crippen LogP contribution in [-0.2, 0) is 14.8 Å². The summed E-state index contributed by atoms with van der Waals surface area (Å²) in [6.45, 7) is 2.50. The first kappa shape index (κ1) is 23.5. The molecule has 0 radical (unpaired) electrons. The summed E-state index contributed by atoms with van der Waals surface area (Å²) in [6.07, 6.45) is 6.06. The zero-order valence-electron chi connectivity index (χ0n) is 18.8. The molecule has 2 saturated heterocycles. The standard InChI is InChI=1S/C23H31N5O4S/c1-33(30,31)28-10-6-19(7-11-28)26-21-14-22(25-15-20(21)23(24)29)27-18-4-2-16(3-5-18)17-8-12-32-13-9-17/h2-5,14-15,17,19H,6-13H2,1H3,(H2,24,29)(H2,25,26,27). The van der Waals surface area contributed by atoms with E-state index in [4.69, 9.17) is 10.5 Å². The Morgan fingerprint density at radius 3 is 2.39 bits per heavy atom. The van der Waals surface area contributed by atoms with E-state index in [-0.39, 0.29) is 6.04 Å². The van der Waals surface area contributed by atoms with Crippen molar-refractivity contribution < 1.29 is 17.9 Å². The normalized spacial score (nSPS) is 18.7. The molecule has 33 heavy (non-hydrogen) atoms. The summed E-state index contributed by atoms with van der Waals surface area (Å²) >= 11 is 0. The zero-order chi connectivity index (χ0) is 23.4. The molecule has 0 spiro atoms. The zero-order valence-corrected chi connectivity index (χ0v) is 19.6. The highest BCUT2D eigenvalue weighted by Gasteiger charge is 2.25. The number of nitrogens with one attached hydrogen (secondary N) is 2. The van der Waals surface area contributed by atoms with Crippen LogP contribution in [0.4, 0.5) is 17.2 Å². The Morgan fingerprint density at radius 2 is 1.79 bits per heavy atom. The number of hydrogen-bond donors (Lipinski definition) is 3. The first-order valence-corrected chi connectivity index (χ1v) is 13.1. The number of rotatable bonds is 7. The first-order valence-electron chi connectivity index (χ1n) is 11.3. The summed E-state index contributed by atoms with van der Waals surface area (Å²) in [5.41, 5.74) is 8.66. The number of nitrogens with two attached hydrogens (primary N) is 1. The molecule has 3 heterocycles. The molecular formula is C23H31N5O4S. The van der Waals surface area contributed by atoms with E-state index >= 15 is 0 Å². The second kappa shape index (κ2) is 10.1. The Balaban J connectivity index is 1.44. The van der Waals surface area contributed by atoms with Gasteiger partial charge in [0.2, 0.25) is 10.0 Å². The lowest BCUT2D eigenvalue weighted by Crippen LogP contribution is -2.42. The van der Waals surface area contributed by atoms with E-state index < -0.39 is 15.9 Å². The van der Waals surface area contributed by atoms with Crippen LogP contribution in [0.5, 0.6) is 0 Å². The van der Waals surface area contributed by atoms with Gasteiger partial charge >= 0.3 is 0 Å². The summed E-state index contributed by atoms with van der Waals surface area (Å²) in [5, 5.41) is 6.66. The fourth-order valence-electron chi connectivity index (χ4n) is 4.41. The van der Waals surface area contributed by atoms with Crippen molar-refractivity contribution in [1.29, 1.82) is 0 Å². The quantitative estimate of drug-likeness (QED) is 0.564. The van der Waals surface area contributed by atoms with Crippen molar-refractivity contribution in [3.05, 3.63) is 47.7 Å². The molecule has 1 amide bonds. The van der Waals surface area contributed by atoms with Crippen molar-refractivity contribution in [1.82, 2.24) is 9.29 Å². The maximum absolute atomic E-state index is 11.9. The Labute approximate surface area is 194 Å². The minimum absolute atomic E-state index is 0.0371. The lowest BCUT2D eigenvalue weighted by atomic mass is 9.92. The average molecular weight is 474 g/mol. The van der Waals surface area contributed by atoms with Crippen LogP contribution in [0.1, 0.15) is 47.5 Å². The van der Waals surface area contributed by atoms with E-state index in [1.807, 2.05) is 12.1 Å². The van der Waals surface area contributed by atoms with Crippen molar-refractivity contribution >= 4 is 33.1 Å². The van der Waals surface area contributed by atoms with Crippen LogP contribution in [0, 0.1) is 0 Å². The smallest absolute Gasteiger partial charge is 0.252 e. The van der Waals surface area contributed by atoms with Gasteiger partial charge in [-0.05, 0) is 49.3 Å². The molecule has 2 aromatic rings. The number of anilines is 3. The molecule has 178 valence electrons. The maximum Gasteiger partial charge on any atom is 0.252 e. The van der Waals surface area contributed by atoms with Crippen molar-refractivity contribution in [3.8, 4) is 0 Å². The largest absolute Gasteiger partial charge is 0.381 e. The van der Waals surface area contributed by atoms with Gasteiger partial charge in [0.1, 0.15) is 5.82 Å². The molecule has 0 bridgehead atoms. The molecular weight excluding hydrogens is 442 g/mol. The topological polar surface area (TPSA) is 127 Å². The van der Waals surface area contributed by atoms with Gasteiger partial charge in [0, 0.05) is 50.3 Å². The highest BCUT2D eigenvalue weighted by Crippen LogP contribution is 2.29. The third-order valence-electron chi connectivity index (χ3n) is 6.33. The fourth-order valence-corrected chi connectivity index (χ4v) is 5.28. The minimum atomic E-state index is -3.19. The summed E-state index contributed by atoms with van der Waals surface area (Å²) in [7, 11) is -3.19. The van der Waals surface area contributed by atoms with Crippen LogP contribution < -0.4 is 16.4 Å². The van der Waals surface area contributed by atoms with Crippen LogP contribution in [-0.4, -0.2) is 62.2 Å². The molecule has 2 aliphatic rings. The van der Waals surface area contributed by atoms with Gasteiger partial charge in [-0.15, -0.1) is 0 Å². The number of amides is 1. The number of aromatic nitrogens is 1. The molecule has 4 rings (SSSR count). The Kier molecular flexibility index (Phi) is 7.16. The van der Waals surface area contributed by atoms with Crippen LogP contribution >= 0.6 is 0 Å². The fraction of sp³-hybridized carbons (Fsp3) is 0.478. The van der Waals surface area contributed by atoms with Crippen molar-refractivity contribution in [3.63, 3.8) is 0 Å². The number of ether oxygens (including phenoxy) is 1. The average Bonchev–Trinajstić information content (AvgIpc) is 2.80. The third kappa shape index (κ3) is 6.01. The van der Waals surface area contributed by atoms with Crippen LogP contribution in [0.15, 0.2) is 36.5 Å². The van der Waals surface area contributed by atoms with Gasteiger partial charge in [0.25, 0.3) is 5.91 Å². The molecule has 0 saturated carbocycles. The van der Waals surface area contributed by atoms with Crippen molar-refractivity contribution in [2.24, 2.45) is 5.73 Å². The predicted molar refractivity (Wildman–Crippen MR) is 128 cm³/mol. The SMILES string of the molecule is CS(=O)(=O)N1CCC(Nc2cc(Nc3ccc(C4CCOCC4)cc3)ncc2C(N)=O)CC1. The number of piperidine rings is 1. The van der Waals surface area contributed by atoms with Crippen LogP contribution in [0.2, 0.25) is 0 Å². The van der Waals surface area contributed by atoms with E-state index in [1.165, 1.54) is 22.3 Å². The number of nitrogens with zero attached hydrogens (tertiary/aromatic N) is 2. The van der Waals surface area contributed by atoms with Gasteiger partial charge in [-0.3, -0.25) is 4.79 Å². The predicted octanol–water partition coefficient (Wildman–Crippen LogP) is 2.65. The third-order valence-corrected chi connectivity index (χ3v) is 7.63. The number of pyridine rings is 1. The Morgan fingerprint density at radius 1 is 1.12 bits per heavy atom. The van der Waals surface area contributed by atoms with Gasteiger partial charge < -0.3 is 21.1 Å². The molecule has 4 N–H and O–H groups in total. The van der Waals surface area contributed by atoms with Gasteiger partial charge in [0.15, 0.2) is 0 Å². The van der Waals surface area contributed by atoms with Crippen molar-refractivity contribution in [2.45, 2.75) is 37.6 Å². The molecule has 10 heteroatoms. The first-order chi connectivity index (χ1) is 15.8. The number of hydrogen-bond acceptors (Lipinski definition) is 7. The number of carbonyl (C=O) groups excluding carboxylic acids is 1. The number of sulfonamides is 1. The van der Waals surface area contributed by atoms with E-state index in [9.17, 15) is 13.2 Å². The van der Waals surface area contributed by atoms with E-state index in [1.54, 1.807) is 6.07 Å². The minimum Gasteiger partial charge on any atom is -0.381 e. The monoisotopic (exact) mass is 473 g/mol. The van der Waals surface area contributed by atoms with E-state index in [2.05, 4.69) is 27.8 Å². The molecule has 1 aromatic carbocycles. The Bertz CT molecular complexity index is 1080. The maximum atomic E-state index is 11.9. The van der Waals surface area contributed by atoms with Gasteiger partial charge in [-0.1, -0.05) is 12.1 Å². The molecule has 2 fully saturated rings. The number of benzene rings is 1. The van der Waals surface area contributed by atoms with Gasteiger partial charge in [-0.25, -0.2) is 17.7 Å². The number of carbonyl (C=O) groups is 1. The highest BCUT2D eigenvalue weighted by atomic mass is 32.2. The molecule has 0 atom stereocenters. The summed E-state index contributed by atoms with van der Waals surface area (Å²) in [5.74, 6) is 0.562. The lowest BCUT2D eigenvalue weighted by molar-refractivity contribution is 0.0853. The van der Waals surface area contributed by atoms with E-state index in [0.717, 1.165) is 31.7 Å². The van der Waals surface area contributed by atoms with Gasteiger partial charge in [-0.2, -0.15) is 0 Å². The number of primary amides is 1.